The standard InChI is InChI=1S/C19H19ClN2S/c1-13-4-3-5-14(10-13)6-9-22-16-7-8-21(2)12-15(16)19-17(22)11-18(20)23-19/h3-6,9-11H,7-8,12H2,1-2H3/b9-6+. The quantitative estimate of drug-likeness (QED) is 0.615. The van der Waals surface area contributed by atoms with Gasteiger partial charge in [0.1, 0.15) is 0 Å². The molecule has 0 spiro atoms. The van der Waals surface area contributed by atoms with Crippen molar-refractivity contribution in [3.63, 3.8) is 0 Å². The zero-order valence-electron chi connectivity index (χ0n) is 13.3. The number of nitrogens with zero attached hydrogens (tertiary/aromatic N) is 2. The molecule has 3 heterocycles. The Labute approximate surface area is 145 Å². The average Bonchev–Trinajstić information content (AvgIpc) is 3.01. The van der Waals surface area contributed by atoms with Gasteiger partial charge in [-0.25, -0.2) is 0 Å². The van der Waals surface area contributed by atoms with Crippen LogP contribution in [0.5, 0.6) is 0 Å². The summed E-state index contributed by atoms with van der Waals surface area (Å²) in [5.41, 5.74) is 6.63. The number of aryl methyl sites for hydroxylation is 1. The summed E-state index contributed by atoms with van der Waals surface area (Å²) in [6.07, 6.45) is 5.48. The van der Waals surface area contributed by atoms with E-state index >= 15 is 0 Å². The molecule has 3 aromatic rings. The maximum atomic E-state index is 6.28. The Kier molecular flexibility index (Phi) is 3.80. The van der Waals surface area contributed by atoms with Crippen molar-refractivity contribution in [1.82, 2.24) is 9.47 Å². The van der Waals surface area contributed by atoms with Crippen LogP contribution in [0, 0.1) is 6.92 Å². The Bertz CT molecular complexity index is 904. The molecule has 0 bridgehead atoms. The third-order valence-corrected chi connectivity index (χ3v) is 5.78. The van der Waals surface area contributed by atoms with Crippen molar-refractivity contribution in [2.75, 3.05) is 13.6 Å². The largest absolute Gasteiger partial charge is 0.319 e. The van der Waals surface area contributed by atoms with Gasteiger partial charge in [0, 0.05) is 37.0 Å². The van der Waals surface area contributed by atoms with Crippen molar-refractivity contribution >= 4 is 45.4 Å². The van der Waals surface area contributed by atoms with Crippen molar-refractivity contribution < 1.29 is 0 Å². The number of hydrogen-bond donors (Lipinski definition) is 0. The number of benzene rings is 1. The summed E-state index contributed by atoms with van der Waals surface area (Å²) in [5, 5.41) is 0. The molecule has 0 fully saturated rings. The van der Waals surface area contributed by atoms with Crippen LogP contribution in [0.4, 0.5) is 0 Å². The smallest absolute Gasteiger partial charge is 0.0956 e. The summed E-state index contributed by atoms with van der Waals surface area (Å²) in [6, 6.07) is 10.7. The third kappa shape index (κ3) is 2.74. The van der Waals surface area contributed by atoms with Gasteiger partial charge in [0.2, 0.25) is 0 Å². The van der Waals surface area contributed by atoms with Crippen LogP contribution in [0.2, 0.25) is 4.34 Å². The zero-order valence-corrected chi connectivity index (χ0v) is 14.9. The van der Waals surface area contributed by atoms with Crippen LogP contribution >= 0.6 is 22.9 Å². The van der Waals surface area contributed by atoms with E-state index in [1.54, 1.807) is 11.3 Å². The molecule has 4 heteroatoms. The molecule has 0 N–H and O–H groups in total. The van der Waals surface area contributed by atoms with E-state index in [1.807, 2.05) is 0 Å². The number of likely N-dealkylation sites (N-methyl/N-ethyl adjacent to an activating group) is 1. The van der Waals surface area contributed by atoms with Gasteiger partial charge < -0.3 is 9.47 Å². The molecule has 1 aromatic carbocycles. The highest BCUT2D eigenvalue weighted by molar-refractivity contribution is 7.22. The van der Waals surface area contributed by atoms with Gasteiger partial charge in [-0.2, -0.15) is 0 Å². The molecule has 0 radical (unpaired) electrons. The Morgan fingerprint density at radius 2 is 2.13 bits per heavy atom. The lowest BCUT2D eigenvalue weighted by molar-refractivity contribution is 0.312. The minimum atomic E-state index is 0.865. The van der Waals surface area contributed by atoms with Crippen molar-refractivity contribution in [3.8, 4) is 0 Å². The van der Waals surface area contributed by atoms with Crippen LogP contribution in [0.3, 0.4) is 0 Å². The summed E-state index contributed by atoms with van der Waals surface area (Å²) in [7, 11) is 2.18. The number of rotatable bonds is 2. The van der Waals surface area contributed by atoms with Gasteiger partial charge in [-0.3, -0.25) is 0 Å². The molecule has 1 aliphatic heterocycles. The molecule has 1 aliphatic rings. The second-order valence-corrected chi connectivity index (χ2v) is 7.96. The van der Waals surface area contributed by atoms with Gasteiger partial charge in [0.05, 0.1) is 14.6 Å². The Morgan fingerprint density at radius 3 is 2.96 bits per heavy atom. The molecule has 0 saturated heterocycles. The molecule has 0 aliphatic carbocycles. The molecule has 0 amide bonds. The SMILES string of the molecule is Cc1cccc(/C=C/n2c3c(c4sc(Cl)cc42)CN(C)CC3)c1. The van der Waals surface area contributed by atoms with Gasteiger partial charge in [-0.05, 0) is 31.7 Å². The van der Waals surface area contributed by atoms with Gasteiger partial charge in [0.15, 0.2) is 0 Å². The predicted octanol–water partition coefficient (Wildman–Crippen LogP) is 5.28. The summed E-state index contributed by atoms with van der Waals surface area (Å²) < 4.78 is 4.54. The highest BCUT2D eigenvalue weighted by Gasteiger charge is 2.23. The van der Waals surface area contributed by atoms with Gasteiger partial charge in [-0.15, -0.1) is 11.3 Å². The first-order chi connectivity index (χ1) is 11.1. The summed E-state index contributed by atoms with van der Waals surface area (Å²) in [5.74, 6) is 0. The van der Waals surface area contributed by atoms with Crippen LogP contribution in [-0.4, -0.2) is 23.1 Å². The first kappa shape index (κ1) is 15.0. The molecular weight excluding hydrogens is 324 g/mol. The second-order valence-electron chi connectivity index (χ2n) is 6.28. The Morgan fingerprint density at radius 1 is 1.26 bits per heavy atom. The van der Waals surface area contributed by atoms with E-state index in [-0.39, 0.29) is 0 Å². The summed E-state index contributed by atoms with van der Waals surface area (Å²) in [6.45, 7) is 4.24. The summed E-state index contributed by atoms with van der Waals surface area (Å²) >= 11 is 7.98. The molecule has 2 aromatic heterocycles. The molecule has 0 atom stereocenters. The Balaban J connectivity index is 1.83. The lowest BCUT2D eigenvalue weighted by Gasteiger charge is -2.23. The fraction of sp³-hybridized carbons (Fsp3) is 0.263. The highest BCUT2D eigenvalue weighted by Crippen LogP contribution is 2.38. The van der Waals surface area contributed by atoms with Crippen LogP contribution in [0.25, 0.3) is 22.5 Å². The van der Waals surface area contributed by atoms with E-state index in [2.05, 4.69) is 66.0 Å². The number of fused-ring (bicyclic) bond motifs is 3. The lowest BCUT2D eigenvalue weighted by atomic mass is 10.1. The number of thiophene rings is 1. The Hall–Kier alpha value is -1.55. The van der Waals surface area contributed by atoms with Gasteiger partial charge in [0.25, 0.3) is 0 Å². The van der Waals surface area contributed by atoms with Crippen molar-refractivity contribution in [1.29, 1.82) is 0 Å². The maximum absolute atomic E-state index is 6.28. The van der Waals surface area contributed by atoms with Crippen molar-refractivity contribution in [2.24, 2.45) is 0 Å². The molecule has 118 valence electrons. The van der Waals surface area contributed by atoms with E-state index in [1.165, 1.54) is 32.6 Å². The summed E-state index contributed by atoms with van der Waals surface area (Å²) in [4.78, 5) is 2.38. The molecular formula is C19H19ClN2S. The monoisotopic (exact) mass is 342 g/mol. The molecule has 2 nitrogen and oxygen atoms in total. The van der Waals surface area contributed by atoms with E-state index < -0.39 is 0 Å². The fourth-order valence-corrected chi connectivity index (χ4v) is 4.62. The normalized spacial score (nSPS) is 15.6. The van der Waals surface area contributed by atoms with Crippen LogP contribution < -0.4 is 0 Å². The molecule has 23 heavy (non-hydrogen) atoms. The van der Waals surface area contributed by atoms with Crippen LogP contribution in [0.15, 0.2) is 30.3 Å². The first-order valence-corrected chi connectivity index (χ1v) is 9.05. The minimum absolute atomic E-state index is 0.865. The minimum Gasteiger partial charge on any atom is -0.319 e. The predicted molar refractivity (Wildman–Crippen MR) is 101 cm³/mol. The van der Waals surface area contributed by atoms with E-state index in [9.17, 15) is 0 Å². The molecule has 4 rings (SSSR count). The molecule has 0 unspecified atom stereocenters. The van der Waals surface area contributed by atoms with Gasteiger partial charge >= 0.3 is 0 Å². The van der Waals surface area contributed by atoms with Crippen LogP contribution in [0.1, 0.15) is 22.4 Å². The third-order valence-electron chi connectivity index (χ3n) is 4.47. The number of aromatic nitrogens is 1. The van der Waals surface area contributed by atoms with Gasteiger partial charge in [-0.1, -0.05) is 41.4 Å². The second kappa shape index (κ2) is 5.82. The highest BCUT2D eigenvalue weighted by atomic mass is 35.5. The average molecular weight is 343 g/mol. The van der Waals surface area contributed by atoms with E-state index in [4.69, 9.17) is 11.6 Å². The molecule has 0 saturated carbocycles. The van der Waals surface area contributed by atoms with Crippen LogP contribution in [-0.2, 0) is 13.0 Å². The number of halogens is 1. The van der Waals surface area contributed by atoms with Crippen molar-refractivity contribution in [2.45, 2.75) is 19.9 Å². The zero-order chi connectivity index (χ0) is 16.0. The van der Waals surface area contributed by atoms with Crippen molar-refractivity contribution in [3.05, 3.63) is 57.1 Å². The van der Waals surface area contributed by atoms with E-state index in [0.717, 1.165) is 23.8 Å². The van der Waals surface area contributed by atoms with E-state index in [0.29, 0.717) is 0 Å². The lowest BCUT2D eigenvalue weighted by Crippen LogP contribution is -2.26. The number of hydrogen-bond acceptors (Lipinski definition) is 2. The fourth-order valence-electron chi connectivity index (χ4n) is 3.35. The topological polar surface area (TPSA) is 8.17 Å². The maximum Gasteiger partial charge on any atom is 0.0956 e. The first-order valence-electron chi connectivity index (χ1n) is 7.86.